The highest BCUT2D eigenvalue weighted by molar-refractivity contribution is 4.61. The molecule has 6 heteroatoms. The van der Waals surface area contributed by atoms with Gasteiger partial charge in [0, 0.05) is 40.4 Å². The van der Waals surface area contributed by atoms with Gasteiger partial charge in [-0.05, 0) is 0 Å². The Morgan fingerprint density at radius 2 is 1.25 bits per heavy atom. The molecule has 0 heterocycles. The Balaban J connectivity index is 3.15. The van der Waals surface area contributed by atoms with E-state index in [1.165, 1.54) is 0 Å². The molecule has 0 fully saturated rings. The minimum atomic E-state index is -0.468. The van der Waals surface area contributed by atoms with Crippen molar-refractivity contribution in [3.8, 4) is 0 Å². The predicted molar refractivity (Wildman–Crippen MR) is 61.5 cm³/mol. The van der Waals surface area contributed by atoms with Crippen LogP contribution in [0.15, 0.2) is 0 Å². The van der Waals surface area contributed by atoms with Crippen molar-refractivity contribution in [2.24, 2.45) is 0 Å². The van der Waals surface area contributed by atoms with Crippen LogP contribution in [0, 0.1) is 0 Å². The molecule has 0 bridgehead atoms. The summed E-state index contributed by atoms with van der Waals surface area (Å²) in [6.45, 7) is 3.17. The molecule has 4 N–H and O–H groups in total. The maximum Gasteiger partial charge on any atom is 0.0897 e. The zero-order valence-corrected chi connectivity index (χ0v) is 10.1. The Hall–Kier alpha value is -0.240. The lowest BCUT2D eigenvalue weighted by atomic mass is 10.3. The lowest BCUT2D eigenvalue weighted by molar-refractivity contribution is 0.0625. The maximum absolute atomic E-state index is 9.30. The van der Waals surface area contributed by atoms with E-state index in [-0.39, 0.29) is 0 Å². The number of rotatable bonds is 11. The topological polar surface area (TPSA) is 83.0 Å². The number of aliphatic hydroxyl groups excluding tert-OH is 2. The van der Waals surface area contributed by atoms with Gasteiger partial charge in [0.25, 0.3) is 0 Å². The standard InChI is InChI=1S/C10H24N2O4/c1-15-7-9(13)5-11-3-4-12-6-10(14)8-16-2/h9-14H,3-8H2,1-2H3/t9-,10-/m1/s1. The first-order valence-electron chi connectivity index (χ1n) is 5.46. The Labute approximate surface area is 96.9 Å². The van der Waals surface area contributed by atoms with Gasteiger partial charge < -0.3 is 30.3 Å². The quantitative estimate of drug-likeness (QED) is 0.316. The molecule has 0 saturated heterocycles. The zero-order valence-electron chi connectivity index (χ0n) is 10.1. The number of hydrogen-bond donors (Lipinski definition) is 4. The molecule has 0 aromatic carbocycles. The molecule has 0 aliphatic heterocycles. The number of ether oxygens (including phenoxy) is 2. The van der Waals surface area contributed by atoms with Crippen LogP contribution in [0.25, 0.3) is 0 Å². The van der Waals surface area contributed by atoms with Gasteiger partial charge in [-0.25, -0.2) is 0 Å². The van der Waals surface area contributed by atoms with Gasteiger partial charge in [0.05, 0.1) is 25.4 Å². The molecule has 0 amide bonds. The van der Waals surface area contributed by atoms with Crippen LogP contribution in [0.3, 0.4) is 0 Å². The fourth-order valence-corrected chi connectivity index (χ4v) is 1.22. The molecule has 0 aromatic heterocycles. The summed E-state index contributed by atoms with van der Waals surface area (Å²) >= 11 is 0. The van der Waals surface area contributed by atoms with Crippen LogP contribution in [-0.4, -0.2) is 76.0 Å². The smallest absolute Gasteiger partial charge is 0.0897 e. The van der Waals surface area contributed by atoms with E-state index in [4.69, 9.17) is 9.47 Å². The zero-order chi connectivity index (χ0) is 12.2. The maximum atomic E-state index is 9.30. The molecular formula is C10H24N2O4. The molecule has 6 nitrogen and oxygen atoms in total. The van der Waals surface area contributed by atoms with E-state index in [2.05, 4.69) is 10.6 Å². The second kappa shape index (κ2) is 11.3. The summed E-state index contributed by atoms with van der Waals surface area (Å²) in [4.78, 5) is 0. The third-order valence-corrected chi connectivity index (χ3v) is 1.96. The highest BCUT2D eigenvalue weighted by atomic mass is 16.5. The average Bonchev–Trinajstić information content (AvgIpc) is 2.24. The molecule has 0 aromatic rings. The van der Waals surface area contributed by atoms with Crippen LogP contribution in [0.4, 0.5) is 0 Å². The van der Waals surface area contributed by atoms with Crippen LogP contribution >= 0.6 is 0 Å². The third-order valence-electron chi connectivity index (χ3n) is 1.96. The lowest BCUT2D eigenvalue weighted by Gasteiger charge is -2.12. The monoisotopic (exact) mass is 236 g/mol. The number of nitrogens with one attached hydrogen (secondary N) is 2. The normalized spacial score (nSPS) is 15.0. The molecule has 0 unspecified atom stereocenters. The van der Waals surface area contributed by atoms with Gasteiger partial charge in [-0.1, -0.05) is 0 Å². The summed E-state index contributed by atoms with van der Waals surface area (Å²) in [6.07, 6.45) is -0.937. The molecule has 0 aliphatic carbocycles. The van der Waals surface area contributed by atoms with Crippen molar-refractivity contribution < 1.29 is 19.7 Å². The highest BCUT2D eigenvalue weighted by Crippen LogP contribution is 1.81. The van der Waals surface area contributed by atoms with Crippen LogP contribution in [0.2, 0.25) is 0 Å². The summed E-state index contributed by atoms with van der Waals surface area (Å²) in [5.74, 6) is 0. The van der Waals surface area contributed by atoms with Crippen molar-refractivity contribution in [3.05, 3.63) is 0 Å². The summed E-state index contributed by atoms with van der Waals surface area (Å²) in [5, 5.41) is 24.7. The van der Waals surface area contributed by atoms with E-state index >= 15 is 0 Å². The molecule has 2 atom stereocenters. The molecule has 0 radical (unpaired) electrons. The van der Waals surface area contributed by atoms with Crippen molar-refractivity contribution >= 4 is 0 Å². The van der Waals surface area contributed by atoms with Crippen molar-refractivity contribution in [1.29, 1.82) is 0 Å². The van der Waals surface area contributed by atoms with Crippen LogP contribution in [0.5, 0.6) is 0 Å². The summed E-state index contributed by atoms with van der Waals surface area (Å²) in [6, 6.07) is 0. The third kappa shape index (κ3) is 10.3. The van der Waals surface area contributed by atoms with Gasteiger partial charge in [-0.2, -0.15) is 0 Å². The van der Waals surface area contributed by atoms with Gasteiger partial charge in [0.15, 0.2) is 0 Å². The van der Waals surface area contributed by atoms with Gasteiger partial charge in [0.2, 0.25) is 0 Å². The van der Waals surface area contributed by atoms with E-state index in [0.717, 1.165) is 13.1 Å². The summed E-state index contributed by atoms with van der Waals surface area (Å²) in [5.41, 5.74) is 0. The van der Waals surface area contributed by atoms with Crippen molar-refractivity contribution in [3.63, 3.8) is 0 Å². The number of hydrogen-bond acceptors (Lipinski definition) is 6. The van der Waals surface area contributed by atoms with Crippen molar-refractivity contribution in [2.45, 2.75) is 12.2 Å². The number of aliphatic hydroxyl groups is 2. The summed E-state index contributed by atoms with van der Waals surface area (Å²) < 4.78 is 9.58. The Kier molecular flexibility index (Phi) is 11.1. The van der Waals surface area contributed by atoms with Gasteiger partial charge in [0.1, 0.15) is 0 Å². The van der Waals surface area contributed by atoms with E-state index in [1.807, 2.05) is 0 Å². The van der Waals surface area contributed by atoms with Gasteiger partial charge >= 0.3 is 0 Å². The molecule has 0 spiro atoms. The lowest BCUT2D eigenvalue weighted by Crippen LogP contribution is -2.37. The molecule has 0 saturated carbocycles. The average molecular weight is 236 g/mol. The first-order valence-corrected chi connectivity index (χ1v) is 5.46. The van der Waals surface area contributed by atoms with Crippen LogP contribution in [-0.2, 0) is 9.47 Å². The van der Waals surface area contributed by atoms with E-state index in [0.29, 0.717) is 26.3 Å². The summed E-state index contributed by atoms with van der Waals surface area (Å²) in [7, 11) is 3.12. The predicted octanol–water partition coefficient (Wildman–Crippen LogP) is -1.82. The molecule has 16 heavy (non-hydrogen) atoms. The molecule has 0 aliphatic rings. The first-order chi connectivity index (χ1) is 7.70. The van der Waals surface area contributed by atoms with Gasteiger partial charge in [-0.3, -0.25) is 0 Å². The Bertz CT molecular complexity index is 133. The fourth-order valence-electron chi connectivity index (χ4n) is 1.22. The van der Waals surface area contributed by atoms with E-state index < -0.39 is 12.2 Å². The highest BCUT2D eigenvalue weighted by Gasteiger charge is 2.03. The van der Waals surface area contributed by atoms with Crippen LogP contribution < -0.4 is 10.6 Å². The molecule has 98 valence electrons. The molecule has 0 rings (SSSR count). The second-order valence-electron chi connectivity index (χ2n) is 3.63. The van der Waals surface area contributed by atoms with Crippen molar-refractivity contribution in [2.75, 3.05) is 53.6 Å². The minimum absolute atomic E-state index is 0.340. The second-order valence-corrected chi connectivity index (χ2v) is 3.63. The minimum Gasteiger partial charge on any atom is -0.389 e. The van der Waals surface area contributed by atoms with Crippen LogP contribution in [0.1, 0.15) is 0 Å². The van der Waals surface area contributed by atoms with Crippen molar-refractivity contribution in [1.82, 2.24) is 10.6 Å². The largest absolute Gasteiger partial charge is 0.389 e. The molecular weight excluding hydrogens is 212 g/mol. The van der Waals surface area contributed by atoms with E-state index in [9.17, 15) is 10.2 Å². The first kappa shape index (κ1) is 15.8. The SMILES string of the molecule is COC[C@H](O)CNCCNC[C@@H](O)COC. The van der Waals surface area contributed by atoms with E-state index in [1.54, 1.807) is 14.2 Å². The number of methoxy groups -OCH3 is 2. The fraction of sp³-hybridized carbons (Fsp3) is 1.00. The van der Waals surface area contributed by atoms with Gasteiger partial charge in [-0.15, -0.1) is 0 Å². The Morgan fingerprint density at radius 3 is 1.56 bits per heavy atom. The Morgan fingerprint density at radius 1 is 0.875 bits per heavy atom.